The normalized spacial score (nSPS) is 11.5. The van der Waals surface area contributed by atoms with Gasteiger partial charge in [-0.2, -0.15) is 0 Å². The number of carbonyl (C=O) groups excluding carboxylic acids is 1. The van der Waals surface area contributed by atoms with Gasteiger partial charge in [-0.05, 0) is 64.3 Å². The molecule has 0 atom stereocenters. The number of anilines is 1. The van der Waals surface area contributed by atoms with Crippen molar-refractivity contribution in [1.29, 1.82) is 0 Å². The van der Waals surface area contributed by atoms with E-state index < -0.39 is 21.5 Å². The number of rotatable bonds is 8. The number of benzene rings is 2. The zero-order valence-electron chi connectivity index (χ0n) is 17.5. The average Bonchev–Trinajstić information content (AvgIpc) is 3.07. The Hall–Kier alpha value is -1.71. The van der Waals surface area contributed by atoms with Gasteiger partial charge in [0.15, 0.2) is 15.0 Å². The van der Waals surface area contributed by atoms with Crippen LogP contribution in [0.25, 0.3) is 10.2 Å². The molecule has 0 aliphatic carbocycles. The smallest absolute Gasteiger partial charge is 0.244 e. The summed E-state index contributed by atoms with van der Waals surface area (Å²) in [7, 11) is 0.151. The number of thiazole rings is 1. The predicted octanol–water partition coefficient (Wildman–Crippen LogP) is 4.44. The number of amides is 1. The number of sulfone groups is 1. The van der Waals surface area contributed by atoms with Gasteiger partial charge < -0.3 is 4.90 Å². The number of hydrogen-bond donors (Lipinski definition) is 0. The monoisotopic (exact) mass is 501 g/mol. The summed E-state index contributed by atoms with van der Waals surface area (Å²) in [5, 5.41) is 1.07. The van der Waals surface area contributed by atoms with Gasteiger partial charge in [-0.25, -0.2) is 13.4 Å². The SMILES string of the molecule is Cc1ccc(S(=O)(=O)CC(=O)N(CCCN(C)C)c2nc3ccc(Cl)cc3s2)cc1.Cl. The molecule has 2 aromatic carbocycles. The molecule has 3 aromatic rings. The predicted molar refractivity (Wildman–Crippen MR) is 131 cm³/mol. The standard InChI is InChI=1S/C21H24ClN3O3S2.ClH/c1-15-5-8-17(9-6-15)30(27,28)14-20(26)25(12-4-11-24(2)3)21-23-18-10-7-16(22)13-19(18)29-21;/h5-10,13H,4,11-12,14H2,1-3H3;1H. The van der Waals surface area contributed by atoms with Crippen molar-refractivity contribution in [1.82, 2.24) is 9.88 Å². The molecule has 0 bridgehead atoms. The number of aryl methyl sites for hydroxylation is 1. The summed E-state index contributed by atoms with van der Waals surface area (Å²) < 4.78 is 26.4. The van der Waals surface area contributed by atoms with Crippen LogP contribution in [0, 0.1) is 6.92 Å². The van der Waals surface area contributed by atoms with Crippen molar-refractivity contribution in [3.63, 3.8) is 0 Å². The van der Waals surface area contributed by atoms with Gasteiger partial charge in [0.25, 0.3) is 0 Å². The van der Waals surface area contributed by atoms with E-state index in [1.807, 2.05) is 25.9 Å². The minimum absolute atomic E-state index is 0. The van der Waals surface area contributed by atoms with Crippen LogP contribution in [0.15, 0.2) is 47.4 Å². The van der Waals surface area contributed by atoms with Crippen LogP contribution < -0.4 is 4.90 Å². The van der Waals surface area contributed by atoms with Crippen LogP contribution in [-0.2, 0) is 14.6 Å². The molecule has 0 unspecified atom stereocenters. The molecule has 0 aliphatic heterocycles. The maximum absolute atomic E-state index is 13.1. The highest BCUT2D eigenvalue weighted by molar-refractivity contribution is 7.92. The van der Waals surface area contributed by atoms with Crippen LogP contribution in [-0.4, -0.2) is 57.1 Å². The first-order valence-electron chi connectivity index (χ1n) is 9.46. The zero-order valence-corrected chi connectivity index (χ0v) is 20.7. The number of carbonyl (C=O) groups is 1. The summed E-state index contributed by atoms with van der Waals surface area (Å²) in [6.45, 7) is 3.03. The van der Waals surface area contributed by atoms with Crippen molar-refractivity contribution in [2.24, 2.45) is 0 Å². The van der Waals surface area contributed by atoms with E-state index in [-0.39, 0.29) is 17.3 Å². The van der Waals surface area contributed by atoms with Gasteiger partial charge in [0, 0.05) is 11.6 Å². The van der Waals surface area contributed by atoms with Gasteiger partial charge in [0.1, 0.15) is 5.75 Å². The molecule has 10 heteroatoms. The number of hydrogen-bond acceptors (Lipinski definition) is 6. The Balaban J connectivity index is 0.00000341. The number of aromatic nitrogens is 1. The molecule has 0 N–H and O–H groups in total. The van der Waals surface area contributed by atoms with Gasteiger partial charge >= 0.3 is 0 Å². The molecule has 1 amide bonds. The molecular formula is C21H25Cl2N3O3S2. The highest BCUT2D eigenvalue weighted by Gasteiger charge is 2.26. The first-order valence-corrected chi connectivity index (χ1v) is 12.3. The van der Waals surface area contributed by atoms with Crippen molar-refractivity contribution in [2.75, 3.05) is 37.8 Å². The molecule has 31 heavy (non-hydrogen) atoms. The zero-order chi connectivity index (χ0) is 21.9. The van der Waals surface area contributed by atoms with E-state index in [9.17, 15) is 13.2 Å². The van der Waals surface area contributed by atoms with Crippen LogP contribution in [0.4, 0.5) is 5.13 Å². The fourth-order valence-corrected chi connectivity index (χ4v) is 5.43. The molecule has 1 heterocycles. The van der Waals surface area contributed by atoms with Crippen molar-refractivity contribution >= 4 is 66.4 Å². The molecule has 0 aliphatic rings. The first-order chi connectivity index (χ1) is 14.2. The Morgan fingerprint density at radius 1 is 1.10 bits per heavy atom. The maximum Gasteiger partial charge on any atom is 0.244 e. The fourth-order valence-electron chi connectivity index (χ4n) is 2.94. The quantitative estimate of drug-likeness (QED) is 0.456. The number of nitrogens with zero attached hydrogens (tertiary/aromatic N) is 3. The molecule has 0 saturated heterocycles. The second-order valence-corrected chi connectivity index (χ2v) is 10.8. The lowest BCUT2D eigenvalue weighted by Gasteiger charge is -2.21. The van der Waals surface area contributed by atoms with E-state index in [0.29, 0.717) is 23.1 Å². The Morgan fingerprint density at radius 2 is 1.77 bits per heavy atom. The highest BCUT2D eigenvalue weighted by atomic mass is 35.5. The second kappa shape index (κ2) is 10.7. The van der Waals surface area contributed by atoms with Gasteiger partial charge in [-0.1, -0.05) is 40.6 Å². The Morgan fingerprint density at radius 3 is 2.42 bits per heavy atom. The molecule has 168 valence electrons. The molecule has 0 spiro atoms. The summed E-state index contributed by atoms with van der Waals surface area (Å²) in [5.74, 6) is -1.09. The maximum atomic E-state index is 13.1. The van der Waals surface area contributed by atoms with Gasteiger partial charge in [-0.3, -0.25) is 9.69 Å². The minimum Gasteiger partial charge on any atom is -0.309 e. The number of fused-ring (bicyclic) bond motifs is 1. The van der Waals surface area contributed by atoms with E-state index in [2.05, 4.69) is 4.98 Å². The van der Waals surface area contributed by atoms with Crippen LogP contribution in [0.1, 0.15) is 12.0 Å². The summed E-state index contributed by atoms with van der Waals surface area (Å²) >= 11 is 7.40. The highest BCUT2D eigenvalue weighted by Crippen LogP contribution is 2.31. The largest absolute Gasteiger partial charge is 0.309 e. The van der Waals surface area contributed by atoms with Crippen LogP contribution in [0.3, 0.4) is 0 Å². The van der Waals surface area contributed by atoms with Crippen molar-refractivity contribution in [2.45, 2.75) is 18.2 Å². The molecular weight excluding hydrogens is 477 g/mol. The van der Waals surface area contributed by atoms with Crippen LogP contribution in [0.2, 0.25) is 5.02 Å². The third kappa shape index (κ3) is 6.63. The third-order valence-corrected chi connectivity index (χ3v) is 7.45. The second-order valence-electron chi connectivity index (χ2n) is 7.38. The van der Waals surface area contributed by atoms with E-state index in [4.69, 9.17) is 11.6 Å². The molecule has 0 saturated carbocycles. The van der Waals surface area contributed by atoms with E-state index in [1.165, 1.54) is 28.4 Å². The lowest BCUT2D eigenvalue weighted by Crippen LogP contribution is -2.37. The van der Waals surface area contributed by atoms with E-state index in [0.717, 1.165) is 22.3 Å². The van der Waals surface area contributed by atoms with E-state index >= 15 is 0 Å². The van der Waals surface area contributed by atoms with E-state index in [1.54, 1.807) is 30.3 Å². The summed E-state index contributed by atoms with van der Waals surface area (Å²) in [6.07, 6.45) is 0.694. The minimum atomic E-state index is -3.75. The average molecular weight is 502 g/mol. The molecule has 0 fully saturated rings. The Bertz CT molecular complexity index is 1150. The summed E-state index contributed by atoms with van der Waals surface area (Å²) in [5.41, 5.74) is 1.69. The fraction of sp³-hybridized carbons (Fsp3) is 0.333. The molecule has 3 rings (SSSR count). The molecule has 0 radical (unpaired) electrons. The topological polar surface area (TPSA) is 70.6 Å². The van der Waals surface area contributed by atoms with Gasteiger partial charge in [0.05, 0.1) is 15.1 Å². The molecule has 1 aromatic heterocycles. The Labute approximate surface area is 198 Å². The van der Waals surface area contributed by atoms with Crippen molar-refractivity contribution in [3.05, 3.63) is 53.1 Å². The summed E-state index contributed by atoms with van der Waals surface area (Å²) in [6, 6.07) is 11.9. The third-order valence-electron chi connectivity index (χ3n) is 4.55. The first kappa shape index (κ1) is 25.5. The lowest BCUT2D eigenvalue weighted by atomic mass is 10.2. The van der Waals surface area contributed by atoms with Gasteiger partial charge in [0.2, 0.25) is 5.91 Å². The summed E-state index contributed by atoms with van der Waals surface area (Å²) in [4.78, 5) is 21.3. The lowest BCUT2D eigenvalue weighted by molar-refractivity contribution is -0.116. The van der Waals surface area contributed by atoms with Crippen LogP contribution in [0.5, 0.6) is 0 Å². The van der Waals surface area contributed by atoms with Gasteiger partial charge in [-0.15, -0.1) is 12.4 Å². The van der Waals surface area contributed by atoms with Crippen molar-refractivity contribution < 1.29 is 13.2 Å². The number of halogens is 2. The molecule has 6 nitrogen and oxygen atoms in total. The van der Waals surface area contributed by atoms with Crippen LogP contribution >= 0.6 is 35.3 Å². The Kier molecular flexibility index (Phi) is 8.85. The van der Waals surface area contributed by atoms with Crippen molar-refractivity contribution in [3.8, 4) is 0 Å².